The van der Waals surface area contributed by atoms with Crippen molar-refractivity contribution >= 4 is 27.2 Å². The Bertz CT molecular complexity index is 489. The highest BCUT2D eigenvalue weighted by atomic mass is 32.1. The zero-order valence-electron chi connectivity index (χ0n) is 8.57. The molecule has 0 saturated carbocycles. The number of hydrogen-bond donors (Lipinski definition) is 1. The molecule has 2 rings (SSSR count). The van der Waals surface area contributed by atoms with Gasteiger partial charge in [-0.2, -0.15) is 0 Å². The van der Waals surface area contributed by atoms with Gasteiger partial charge in [0, 0.05) is 4.70 Å². The largest absolute Gasteiger partial charge is 0.321 e. The van der Waals surface area contributed by atoms with Crippen molar-refractivity contribution in [1.82, 2.24) is 0 Å². The summed E-state index contributed by atoms with van der Waals surface area (Å²) in [6.07, 6.45) is 0.638. The number of nitrogens with two attached hydrogens (primary N) is 1. The summed E-state index contributed by atoms with van der Waals surface area (Å²) < 4.78 is 1.25. The zero-order valence-corrected chi connectivity index (χ0v) is 9.38. The van der Waals surface area contributed by atoms with Crippen LogP contribution in [0.25, 0.3) is 10.1 Å². The smallest absolute Gasteiger partial charge is 0.146 e. The second-order valence-corrected chi connectivity index (χ2v) is 4.59. The molecular weight excluding hydrogens is 206 g/mol. The number of carbonyl (C=O) groups excluding carboxylic acids is 1. The van der Waals surface area contributed by atoms with E-state index in [0.717, 1.165) is 0 Å². The molecule has 0 bridgehead atoms. The first-order chi connectivity index (χ1) is 7.18. The Kier molecular flexibility index (Phi) is 2.84. The van der Waals surface area contributed by atoms with Crippen molar-refractivity contribution in [2.75, 3.05) is 0 Å². The maximum Gasteiger partial charge on any atom is 0.146 e. The van der Waals surface area contributed by atoms with E-state index >= 15 is 0 Å². The van der Waals surface area contributed by atoms with Gasteiger partial charge in [-0.25, -0.2) is 0 Å². The molecule has 1 aromatic carbocycles. The van der Waals surface area contributed by atoms with E-state index in [4.69, 9.17) is 5.73 Å². The number of hydrogen-bond acceptors (Lipinski definition) is 3. The molecule has 2 nitrogen and oxygen atoms in total. The van der Waals surface area contributed by atoms with E-state index in [-0.39, 0.29) is 11.8 Å². The van der Waals surface area contributed by atoms with Crippen molar-refractivity contribution in [1.29, 1.82) is 0 Å². The zero-order chi connectivity index (χ0) is 10.8. The van der Waals surface area contributed by atoms with Crippen molar-refractivity contribution < 1.29 is 4.79 Å². The van der Waals surface area contributed by atoms with Crippen molar-refractivity contribution in [3.8, 4) is 0 Å². The number of Topliss-reactive ketones (excluding diaryl/α,β-unsaturated/α-hetero) is 1. The summed E-state index contributed by atoms with van der Waals surface area (Å²) in [6.45, 7) is 1.54. The monoisotopic (exact) mass is 219 g/mol. The van der Waals surface area contributed by atoms with Crippen LogP contribution in [0, 0.1) is 0 Å². The summed E-state index contributed by atoms with van der Waals surface area (Å²) in [7, 11) is 0. The van der Waals surface area contributed by atoms with E-state index in [0.29, 0.717) is 6.42 Å². The van der Waals surface area contributed by atoms with Gasteiger partial charge in [0.25, 0.3) is 0 Å². The van der Waals surface area contributed by atoms with Crippen molar-refractivity contribution in [3.63, 3.8) is 0 Å². The van der Waals surface area contributed by atoms with Crippen LogP contribution < -0.4 is 5.73 Å². The minimum atomic E-state index is -0.372. The molecule has 0 radical (unpaired) electrons. The van der Waals surface area contributed by atoms with Crippen molar-refractivity contribution in [3.05, 3.63) is 35.2 Å². The van der Waals surface area contributed by atoms with Crippen LogP contribution in [0.3, 0.4) is 0 Å². The molecule has 1 atom stereocenters. The SMILES string of the molecule is CC(=O)[C@@H](N)Cc1csc2ccccc12. The molecule has 1 heterocycles. The van der Waals surface area contributed by atoms with Gasteiger partial charge in [0.15, 0.2) is 0 Å². The fraction of sp³-hybridized carbons (Fsp3) is 0.250. The van der Waals surface area contributed by atoms with Crippen LogP contribution in [0.1, 0.15) is 12.5 Å². The molecule has 2 aromatic rings. The molecule has 1 aromatic heterocycles. The Balaban J connectivity index is 2.32. The van der Waals surface area contributed by atoms with E-state index in [1.54, 1.807) is 18.3 Å². The summed E-state index contributed by atoms with van der Waals surface area (Å²) in [5.74, 6) is 0.0466. The summed E-state index contributed by atoms with van der Waals surface area (Å²) in [6, 6.07) is 7.82. The second-order valence-electron chi connectivity index (χ2n) is 3.68. The number of fused-ring (bicyclic) bond motifs is 1. The number of benzene rings is 1. The summed E-state index contributed by atoms with van der Waals surface area (Å²) >= 11 is 1.70. The normalized spacial score (nSPS) is 12.9. The second kappa shape index (κ2) is 4.13. The fourth-order valence-corrected chi connectivity index (χ4v) is 2.55. The lowest BCUT2D eigenvalue weighted by Crippen LogP contribution is -2.30. The van der Waals surface area contributed by atoms with Gasteiger partial charge < -0.3 is 5.73 Å². The molecule has 0 aliphatic carbocycles. The number of carbonyl (C=O) groups is 1. The van der Waals surface area contributed by atoms with Crippen molar-refractivity contribution in [2.24, 2.45) is 5.73 Å². The Hall–Kier alpha value is -1.19. The number of ketones is 1. The van der Waals surface area contributed by atoms with Crippen LogP contribution in [0.15, 0.2) is 29.6 Å². The highest BCUT2D eigenvalue weighted by Crippen LogP contribution is 2.26. The Labute approximate surface area is 92.7 Å². The van der Waals surface area contributed by atoms with E-state index in [2.05, 4.69) is 17.5 Å². The average Bonchev–Trinajstić information content (AvgIpc) is 2.62. The first-order valence-electron chi connectivity index (χ1n) is 4.89. The summed E-state index contributed by atoms with van der Waals surface area (Å²) in [5.41, 5.74) is 6.93. The number of rotatable bonds is 3. The molecule has 0 saturated heterocycles. The van der Waals surface area contributed by atoms with Crippen LogP contribution in [0.2, 0.25) is 0 Å². The topological polar surface area (TPSA) is 43.1 Å². The summed E-state index contributed by atoms with van der Waals surface area (Å²) in [5, 5.41) is 3.31. The molecule has 78 valence electrons. The van der Waals surface area contributed by atoms with Gasteiger partial charge in [-0.3, -0.25) is 4.79 Å². The lowest BCUT2D eigenvalue weighted by molar-refractivity contribution is -0.118. The van der Waals surface area contributed by atoms with Gasteiger partial charge in [0.2, 0.25) is 0 Å². The molecule has 2 N–H and O–H groups in total. The quantitative estimate of drug-likeness (QED) is 0.861. The fourth-order valence-electron chi connectivity index (χ4n) is 1.57. The lowest BCUT2D eigenvalue weighted by Gasteiger charge is -2.06. The molecular formula is C12H13NOS. The molecule has 0 aliphatic heterocycles. The Morgan fingerprint density at radius 1 is 1.47 bits per heavy atom. The lowest BCUT2D eigenvalue weighted by atomic mass is 10.0. The van der Waals surface area contributed by atoms with Crippen LogP contribution in [0.5, 0.6) is 0 Å². The maximum atomic E-state index is 11.1. The molecule has 0 fully saturated rings. The minimum Gasteiger partial charge on any atom is -0.321 e. The molecule has 0 spiro atoms. The van der Waals surface area contributed by atoms with E-state index in [1.165, 1.54) is 15.6 Å². The summed E-state index contributed by atoms with van der Waals surface area (Å²) in [4.78, 5) is 11.1. The molecule has 0 amide bonds. The van der Waals surface area contributed by atoms with E-state index in [9.17, 15) is 4.79 Å². The van der Waals surface area contributed by atoms with Gasteiger partial charge in [0.05, 0.1) is 6.04 Å². The van der Waals surface area contributed by atoms with Crippen molar-refractivity contribution in [2.45, 2.75) is 19.4 Å². The molecule has 0 aliphatic rings. The predicted molar refractivity (Wildman–Crippen MR) is 64.2 cm³/mol. The Morgan fingerprint density at radius 3 is 2.93 bits per heavy atom. The highest BCUT2D eigenvalue weighted by molar-refractivity contribution is 7.17. The number of thiophene rings is 1. The van der Waals surface area contributed by atoms with Crippen LogP contribution in [0.4, 0.5) is 0 Å². The third kappa shape index (κ3) is 2.08. The van der Waals surface area contributed by atoms with Gasteiger partial charge in [-0.15, -0.1) is 11.3 Å². The highest BCUT2D eigenvalue weighted by Gasteiger charge is 2.11. The van der Waals surface area contributed by atoms with Gasteiger partial charge in [-0.1, -0.05) is 18.2 Å². The van der Waals surface area contributed by atoms with Gasteiger partial charge in [-0.05, 0) is 35.7 Å². The standard InChI is InChI=1S/C12H13NOS/c1-8(14)11(13)6-9-7-15-12-5-3-2-4-10(9)12/h2-5,7,11H,6,13H2,1H3/t11-/m0/s1. The first-order valence-corrected chi connectivity index (χ1v) is 5.77. The average molecular weight is 219 g/mol. The van der Waals surface area contributed by atoms with E-state index < -0.39 is 0 Å². The van der Waals surface area contributed by atoms with Crippen LogP contribution in [-0.2, 0) is 11.2 Å². The predicted octanol–water partition coefficient (Wildman–Crippen LogP) is 2.36. The van der Waals surface area contributed by atoms with Gasteiger partial charge >= 0.3 is 0 Å². The first kappa shape index (κ1) is 10.3. The Morgan fingerprint density at radius 2 is 2.20 bits per heavy atom. The minimum absolute atomic E-state index is 0.0466. The third-order valence-electron chi connectivity index (χ3n) is 2.52. The maximum absolute atomic E-state index is 11.1. The van der Waals surface area contributed by atoms with E-state index in [1.807, 2.05) is 12.1 Å². The molecule has 3 heteroatoms. The van der Waals surface area contributed by atoms with Crippen LogP contribution in [-0.4, -0.2) is 11.8 Å². The van der Waals surface area contributed by atoms with Crippen LogP contribution >= 0.6 is 11.3 Å². The third-order valence-corrected chi connectivity index (χ3v) is 3.54. The molecule has 0 unspecified atom stereocenters. The van der Waals surface area contributed by atoms with Gasteiger partial charge in [0.1, 0.15) is 5.78 Å². The molecule has 15 heavy (non-hydrogen) atoms.